The van der Waals surface area contributed by atoms with E-state index in [4.69, 9.17) is 27.9 Å². The summed E-state index contributed by atoms with van der Waals surface area (Å²) in [6.45, 7) is 0.666. The van der Waals surface area contributed by atoms with Crippen molar-refractivity contribution < 1.29 is 9.53 Å². The average molecular weight is 311 g/mol. The molecular formula is C14H12Cl2N2O2. The zero-order valence-electron chi connectivity index (χ0n) is 10.5. The van der Waals surface area contributed by atoms with E-state index in [9.17, 15) is 4.79 Å². The quantitative estimate of drug-likeness (QED) is 0.863. The third kappa shape index (κ3) is 4.11. The molecular weight excluding hydrogens is 299 g/mol. The zero-order chi connectivity index (χ0) is 14.4. The maximum Gasteiger partial charge on any atom is 0.252 e. The normalized spacial score (nSPS) is 10.1. The number of aromatic nitrogens is 1. The van der Waals surface area contributed by atoms with E-state index in [-0.39, 0.29) is 5.91 Å². The first kappa shape index (κ1) is 14.6. The van der Waals surface area contributed by atoms with Crippen LogP contribution in [-0.4, -0.2) is 24.0 Å². The van der Waals surface area contributed by atoms with E-state index < -0.39 is 0 Å². The molecule has 0 atom stereocenters. The lowest BCUT2D eigenvalue weighted by atomic mass is 10.2. The minimum absolute atomic E-state index is 0.233. The van der Waals surface area contributed by atoms with Crippen LogP contribution in [0.2, 0.25) is 10.0 Å². The van der Waals surface area contributed by atoms with E-state index in [0.29, 0.717) is 34.6 Å². The second-order valence-electron chi connectivity index (χ2n) is 3.90. The summed E-state index contributed by atoms with van der Waals surface area (Å²) in [4.78, 5) is 15.8. The van der Waals surface area contributed by atoms with Gasteiger partial charge in [0.05, 0.1) is 22.2 Å². The Labute approximate surface area is 126 Å². The van der Waals surface area contributed by atoms with Crippen molar-refractivity contribution in [2.45, 2.75) is 0 Å². The summed E-state index contributed by atoms with van der Waals surface area (Å²) in [6, 6.07) is 10.2. The van der Waals surface area contributed by atoms with Crippen molar-refractivity contribution >= 4 is 29.1 Å². The number of pyridine rings is 1. The van der Waals surface area contributed by atoms with Crippen LogP contribution in [0.4, 0.5) is 0 Å². The van der Waals surface area contributed by atoms with Crippen LogP contribution < -0.4 is 10.1 Å². The minimum atomic E-state index is -0.233. The number of halogens is 2. The second kappa shape index (κ2) is 7.12. The van der Waals surface area contributed by atoms with Gasteiger partial charge in [0.15, 0.2) is 0 Å². The maximum atomic E-state index is 11.8. The Morgan fingerprint density at radius 1 is 1.20 bits per heavy atom. The first-order chi connectivity index (χ1) is 9.66. The fourth-order valence-electron chi connectivity index (χ4n) is 1.51. The highest BCUT2D eigenvalue weighted by molar-refractivity contribution is 6.33. The Balaban J connectivity index is 1.77. The molecule has 0 saturated heterocycles. The molecule has 0 bridgehead atoms. The standard InChI is InChI=1S/C14H12Cl2N2O2/c15-10-5-6-13(18-9-10)20-8-7-17-14(19)11-3-1-2-4-12(11)16/h1-6,9H,7-8H2,(H,17,19). The minimum Gasteiger partial charge on any atom is -0.476 e. The number of hydrogen-bond acceptors (Lipinski definition) is 3. The van der Waals surface area contributed by atoms with Crippen molar-refractivity contribution in [3.05, 3.63) is 58.2 Å². The Bertz CT molecular complexity index is 588. The smallest absolute Gasteiger partial charge is 0.252 e. The molecule has 4 nitrogen and oxygen atoms in total. The third-order valence-electron chi connectivity index (χ3n) is 2.46. The molecule has 1 aromatic heterocycles. The molecule has 0 spiro atoms. The van der Waals surface area contributed by atoms with Crippen LogP contribution in [0.5, 0.6) is 5.88 Å². The number of rotatable bonds is 5. The van der Waals surface area contributed by atoms with Gasteiger partial charge in [-0.1, -0.05) is 35.3 Å². The highest BCUT2D eigenvalue weighted by atomic mass is 35.5. The number of amides is 1. The SMILES string of the molecule is O=C(NCCOc1ccc(Cl)cn1)c1ccccc1Cl. The molecule has 6 heteroatoms. The number of ether oxygens (including phenoxy) is 1. The molecule has 0 fully saturated rings. The molecule has 0 aliphatic carbocycles. The number of nitrogens with one attached hydrogen (secondary N) is 1. The van der Waals surface area contributed by atoms with Crippen LogP contribution in [0, 0.1) is 0 Å². The highest BCUT2D eigenvalue weighted by Gasteiger charge is 2.08. The van der Waals surface area contributed by atoms with Crippen molar-refractivity contribution in [1.82, 2.24) is 10.3 Å². The highest BCUT2D eigenvalue weighted by Crippen LogP contribution is 2.14. The Morgan fingerprint density at radius 3 is 2.70 bits per heavy atom. The molecule has 2 rings (SSSR count). The van der Waals surface area contributed by atoms with Crippen LogP contribution in [0.1, 0.15) is 10.4 Å². The summed E-state index contributed by atoms with van der Waals surface area (Å²) < 4.78 is 5.36. The summed E-state index contributed by atoms with van der Waals surface area (Å²) in [5, 5.41) is 3.69. The van der Waals surface area contributed by atoms with Crippen molar-refractivity contribution in [2.75, 3.05) is 13.2 Å². The summed E-state index contributed by atoms with van der Waals surface area (Å²) in [6.07, 6.45) is 1.50. The molecule has 0 radical (unpaired) electrons. The lowest BCUT2D eigenvalue weighted by Crippen LogP contribution is -2.28. The van der Waals surface area contributed by atoms with Crippen molar-refractivity contribution in [3.63, 3.8) is 0 Å². The molecule has 0 unspecified atom stereocenters. The average Bonchev–Trinajstić information content (AvgIpc) is 2.46. The molecule has 0 aliphatic rings. The number of carbonyl (C=O) groups excluding carboxylic acids is 1. The molecule has 1 heterocycles. The van der Waals surface area contributed by atoms with E-state index >= 15 is 0 Å². The van der Waals surface area contributed by atoms with Gasteiger partial charge in [0, 0.05) is 12.3 Å². The molecule has 1 aromatic carbocycles. The van der Waals surface area contributed by atoms with Gasteiger partial charge in [0.2, 0.25) is 5.88 Å². The van der Waals surface area contributed by atoms with Gasteiger partial charge >= 0.3 is 0 Å². The van der Waals surface area contributed by atoms with Crippen LogP contribution >= 0.6 is 23.2 Å². The maximum absolute atomic E-state index is 11.8. The molecule has 2 aromatic rings. The summed E-state index contributed by atoms with van der Waals surface area (Å²) in [5.74, 6) is 0.227. The van der Waals surface area contributed by atoms with Crippen LogP contribution in [0.3, 0.4) is 0 Å². The van der Waals surface area contributed by atoms with Crippen molar-refractivity contribution in [2.24, 2.45) is 0 Å². The number of benzene rings is 1. The Hall–Kier alpha value is -1.78. The molecule has 0 aliphatic heterocycles. The van der Waals surface area contributed by atoms with E-state index in [0.717, 1.165) is 0 Å². The van der Waals surface area contributed by atoms with Gasteiger partial charge in [-0.3, -0.25) is 4.79 Å². The Morgan fingerprint density at radius 2 is 2.00 bits per heavy atom. The van der Waals surface area contributed by atoms with E-state index in [1.165, 1.54) is 6.20 Å². The van der Waals surface area contributed by atoms with Crippen LogP contribution in [-0.2, 0) is 0 Å². The zero-order valence-corrected chi connectivity index (χ0v) is 12.0. The summed E-state index contributed by atoms with van der Waals surface area (Å²) in [7, 11) is 0. The monoisotopic (exact) mass is 310 g/mol. The second-order valence-corrected chi connectivity index (χ2v) is 4.74. The van der Waals surface area contributed by atoms with Gasteiger partial charge in [0.25, 0.3) is 5.91 Å². The number of hydrogen-bond donors (Lipinski definition) is 1. The van der Waals surface area contributed by atoms with Gasteiger partial charge in [-0.2, -0.15) is 0 Å². The third-order valence-corrected chi connectivity index (χ3v) is 3.01. The molecule has 104 valence electrons. The van der Waals surface area contributed by atoms with Gasteiger partial charge in [-0.15, -0.1) is 0 Å². The Kier molecular flexibility index (Phi) is 5.21. The first-order valence-electron chi connectivity index (χ1n) is 5.94. The first-order valence-corrected chi connectivity index (χ1v) is 6.69. The van der Waals surface area contributed by atoms with Crippen molar-refractivity contribution in [3.8, 4) is 5.88 Å². The van der Waals surface area contributed by atoms with E-state index in [2.05, 4.69) is 10.3 Å². The molecule has 1 amide bonds. The van der Waals surface area contributed by atoms with Crippen LogP contribution in [0.15, 0.2) is 42.6 Å². The van der Waals surface area contributed by atoms with E-state index in [1.807, 2.05) is 0 Å². The summed E-state index contributed by atoms with van der Waals surface area (Å²) in [5.41, 5.74) is 0.443. The fourth-order valence-corrected chi connectivity index (χ4v) is 1.84. The van der Waals surface area contributed by atoms with Gasteiger partial charge < -0.3 is 10.1 Å². The topological polar surface area (TPSA) is 51.2 Å². The predicted octanol–water partition coefficient (Wildman–Crippen LogP) is 3.20. The van der Waals surface area contributed by atoms with Crippen molar-refractivity contribution in [1.29, 1.82) is 0 Å². The number of carbonyl (C=O) groups is 1. The predicted molar refractivity (Wildman–Crippen MR) is 78.5 cm³/mol. The molecule has 1 N–H and O–H groups in total. The lowest BCUT2D eigenvalue weighted by Gasteiger charge is -2.08. The lowest BCUT2D eigenvalue weighted by molar-refractivity contribution is 0.0946. The van der Waals surface area contributed by atoms with E-state index in [1.54, 1.807) is 36.4 Å². The van der Waals surface area contributed by atoms with Crippen LogP contribution in [0.25, 0.3) is 0 Å². The fraction of sp³-hybridized carbons (Fsp3) is 0.143. The summed E-state index contributed by atoms with van der Waals surface area (Å²) >= 11 is 11.6. The van der Waals surface area contributed by atoms with Gasteiger partial charge in [-0.25, -0.2) is 4.98 Å². The largest absolute Gasteiger partial charge is 0.476 e. The van der Waals surface area contributed by atoms with Gasteiger partial charge in [-0.05, 0) is 18.2 Å². The van der Waals surface area contributed by atoms with Gasteiger partial charge in [0.1, 0.15) is 6.61 Å². The molecule has 0 saturated carbocycles. The molecule has 20 heavy (non-hydrogen) atoms. The number of nitrogens with zero attached hydrogens (tertiary/aromatic N) is 1.